The van der Waals surface area contributed by atoms with Gasteiger partial charge in [0.2, 0.25) is 5.91 Å². The van der Waals surface area contributed by atoms with E-state index in [2.05, 4.69) is 36.6 Å². The Morgan fingerprint density at radius 2 is 2.22 bits per heavy atom. The lowest BCUT2D eigenvalue weighted by molar-refractivity contribution is -0.125. The van der Waals surface area contributed by atoms with Crippen molar-refractivity contribution >= 4 is 5.91 Å². The normalized spacial score (nSPS) is 23.0. The molecule has 1 aromatic rings. The zero-order chi connectivity index (χ0) is 13.0. The van der Waals surface area contributed by atoms with Crippen LogP contribution in [0.3, 0.4) is 0 Å². The Balaban J connectivity index is 1.79. The third-order valence-corrected chi connectivity index (χ3v) is 3.82. The van der Waals surface area contributed by atoms with Crippen LogP contribution in [0.4, 0.5) is 0 Å². The van der Waals surface area contributed by atoms with Gasteiger partial charge in [0.05, 0.1) is 5.92 Å². The number of hydrogen-bond donors (Lipinski definition) is 2. The number of aryl methyl sites for hydroxylation is 1. The van der Waals surface area contributed by atoms with Crippen LogP contribution in [-0.2, 0) is 11.2 Å². The van der Waals surface area contributed by atoms with E-state index >= 15 is 0 Å². The Morgan fingerprint density at radius 1 is 1.44 bits per heavy atom. The molecule has 0 bridgehead atoms. The molecule has 2 N–H and O–H groups in total. The van der Waals surface area contributed by atoms with Gasteiger partial charge in [-0.05, 0) is 44.4 Å². The lowest BCUT2D eigenvalue weighted by Crippen LogP contribution is -2.37. The fourth-order valence-corrected chi connectivity index (χ4v) is 2.56. The van der Waals surface area contributed by atoms with Gasteiger partial charge < -0.3 is 10.6 Å². The number of rotatable bonds is 4. The first-order valence-electron chi connectivity index (χ1n) is 6.74. The van der Waals surface area contributed by atoms with Crippen LogP contribution in [0.2, 0.25) is 0 Å². The standard InChI is InChI=1S/C15H22N2O/c1-11-5-3-4-6-13(11)7-9-17-15(18)14-8-10-16-12(14)2/h3-6,12,14,16H,7-10H2,1-2H3,(H,17,18). The van der Waals surface area contributed by atoms with Crippen LogP contribution in [0, 0.1) is 12.8 Å². The molecule has 1 aliphatic heterocycles. The van der Waals surface area contributed by atoms with Crippen molar-refractivity contribution in [2.75, 3.05) is 13.1 Å². The minimum Gasteiger partial charge on any atom is -0.355 e. The number of nitrogens with one attached hydrogen (secondary N) is 2. The molecule has 0 aromatic heterocycles. The Labute approximate surface area is 109 Å². The second kappa shape index (κ2) is 6.01. The molecule has 1 saturated heterocycles. The minimum absolute atomic E-state index is 0.141. The highest BCUT2D eigenvalue weighted by Gasteiger charge is 2.28. The lowest BCUT2D eigenvalue weighted by Gasteiger charge is -2.15. The van der Waals surface area contributed by atoms with Gasteiger partial charge in [0.25, 0.3) is 0 Å². The molecule has 2 unspecified atom stereocenters. The number of amides is 1. The Bertz CT molecular complexity index is 417. The molecule has 0 saturated carbocycles. The Morgan fingerprint density at radius 3 is 2.89 bits per heavy atom. The van der Waals surface area contributed by atoms with Gasteiger partial charge in [0.1, 0.15) is 0 Å². The molecular weight excluding hydrogens is 224 g/mol. The summed E-state index contributed by atoms with van der Waals surface area (Å²) in [5.41, 5.74) is 2.61. The van der Waals surface area contributed by atoms with E-state index in [0.717, 1.165) is 25.9 Å². The van der Waals surface area contributed by atoms with Crippen molar-refractivity contribution < 1.29 is 4.79 Å². The van der Waals surface area contributed by atoms with E-state index in [1.54, 1.807) is 0 Å². The molecule has 0 aliphatic carbocycles. The number of carbonyl (C=O) groups is 1. The highest BCUT2D eigenvalue weighted by atomic mass is 16.1. The van der Waals surface area contributed by atoms with Crippen LogP contribution in [0.25, 0.3) is 0 Å². The zero-order valence-corrected chi connectivity index (χ0v) is 11.2. The quantitative estimate of drug-likeness (QED) is 0.848. The van der Waals surface area contributed by atoms with Gasteiger partial charge in [-0.1, -0.05) is 24.3 Å². The molecule has 2 atom stereocenters. The number of carbonyl (C=O) groups excluding carboxylic acids is 1. The van der Waals surface area contributed by atoms with E-state index < -0.39 is 0 Å². The maximum absolute atomic E-state index is 12.0. The fourth-order valence-electron chi connectivity index (χ4n) is 2.56. The topological polar surface area (TPSA) is 41.1 Å². The van der Waals surface area contributed by atoms with Gasteiger partial charge in [0, 0.05) is 12.6 Å². The third kappa shape index (κ3) is 3.10. The van der Waals surface area contributed by atoms with Gasteiger partial charge in [-0.3, -0.25) is 4.79 Å². The summed E-state index contributed by atoms with van der Waals surface area (Å²) in [5, 5.41) is 6.36. The molecule has 98 valence electrons. The van der Waals surface area contributed by atoms with Crippen LogP contribution in [0.5, 0.6) is 0 Å². The van der Waals surface area contributed by atoms with E-state index in [1.165, 1.54) is 11.1 Å². The molecule has 1 amide bonds. The van der Waals surface area contributed by atoms with Crippen LogP contribution in [0.15, 0.2) is 24.3 Å². The van der Waals surface area contributed by atoms with Crippen LogP contribution in [0.1, 0.15) is 24.5 Å². The Hall–Kier alpha value is -1.35. The highest BCUT2D eigenvalue weighted by Crippen LogP contribution is 2.15. The zero-order valence-electron chi connectivity index (χ0n) is 11.2. The van der Waals surface area contributed by atoms with E-state index in [1.807, 2.05) is 12.1 Å². The summed E-state index contributed by atoms with van der Waals surface area (Å²) in [6.07, 6.45) is 1.87. The average molecular weight is 246 g/mol. The number of hydrogen-bond acceptors (Lipinski definition) is 2. The van der Waals surface area contributed by atoms with Crippen molar-refractivity contribution in [2.24, 2.45) is 5.92 Å². The molecule has 1 aliphatic rings. The van der Waals surface area contributed by atoms with Crippen molar-refractivity contribution in [1.82, 2.24) is 10.6 Å². The molecule has 3 nitrogen and oxygen atoms in total. The van der Waals surface area contributed by atoms with Crippen LogP contribution in [-0.4, -0.2) is 25.0 Å². The van der Waals surface area contributed by atoms with Crippen molar-refractivity contribution in [2.45, 2.75) is 32.7 Å². The molecule has 1 heterocycles. The van der Waals surface area contributed by atoms with E-state index in [9.17, 15) is 4.79 Å². The van der Waals surface area contributed by atoms with Crippen LogP contribution >= 0.6 is 0 Å². The highest BCUT2D eigenvalue weighted by molar-refractivity contribution is 5.79. The molecule has 0 spiro atoms. The molecule has 18 heavy (non-hydrogen) atoms. The first-order chi connectivity index (χ1) is 8.68. The van der Waals surface area contributed by atoms with E-state index in [4.69, 9.17) is 0 Å². The van der Waals surface area contributed by atoms with Crippen molar-refractivity contribution in [3.05, 3.63) is 35.4 Å². The minimum atomic E-state index is 0.141. The second-order valence-electron chi connectivity index (χ2n) is 5.11. The molecule has 2 rings (SSSR count). The Kier molecular flexibility index (Phi) is 4.37. The second-order valence-corrected chi connectivity index (χ2v) is 5.11. The SMILES string of the molecule is Cc1ccccc1CCNC(=O)C1CCNC1C. The lowest BCUT2D eigenvalue weighted by atomic mass is 10.0. The summed E-state index contributed by atoms with van der Waals surface area (Å²) in [5.74, 6) is 0.336. The predicted molar refractivity (Wildman–Crippen MR) is 73.5 cm³/mol. The van der Waals surface area contributed by atoms with Gasteiger partial charge in [0.15, 0.2) is 0 Å². The maximum Gasteiger partial charge on any atom is 0.224 e. The van der Waals surface area contributed by atoms with Crippen molar-refractivity contribution in [3.63, 3.8) is 0 Å². The largest absolute Gasteiger partial charge is 0.355 e. The van der Waals surface area contributed by atoms with Crippen molar-refractivity contribution in [3.8, 4) is 0 Å². The first-order valence-corrected chi connectivity index (χ1v) is 6.74. The molecule has 1 aromatic carbocycles. The van der Waals surface area contributed by atoms with E-state index in [-0.39, 0.29) is 11.8 Å². The fraction of sp³-hybridized carbons (Fsp3) is 0.533. The first kappa shape index (κ1) is 13.1. The summed E-state index contributed by atoms with van der Waals surface area (Å²) in [6.45, 7) is 5.88. The maximum atomic E-state index is 12.0. The monoisotopic (exact) mass is 246 g/mol. The van der Waals surface area contributed by atoms with Gasteiger partial charge in [-0.25, -0.2) is 0 Å². The predicted octanol–water partition coefficient (Wildman–Crippen LogP) is 1.65. The van der Waals surface area contributed by atoms with Gasteiger partial charge >= 0.3 is 0 Å². The van der Waals surface area contributed by atoms with Crippen LogP contribution < -0.4 is 10.6 Å². The summed E-state index contributed by atoms with van der Waals surface area (Å²) in [4.78, 5) is 12.0. The van der Waals surface area contributed by atoms with Gasteiger partial charge in [-0.2, -0.15) is 0 Å². The number of benzene rings is 1. The van der Waals surface area contributed by atoms with Gasteiger partial charge in [-0.15, -0.1) is 0 Å². The van der Waals surface area contributed by atoms with E-state index in [0.29, 0.717) is 6.04 Å². The third-order valence-electron chi connectivity index (χ3n) is 3.82. The summed E-state index contributed by atoms with van der Waals surface area (Å²) in [6, 6.07) is 8.64. The molecule has 0 radical (unpaired) electrons. The summed E-state index contributed by atoms with van der Waals surface area (Å²) in [7, 11) is 0. The smallest absolute Gasteiger partial charge is 0.224 e. The summed E-state index contributed by atoms with van der Waals surface area (Å²) >= 11 is 0. The molecular formula is C15H22N2O. The molecule has 3 heteroatoms. The average Bonchev–Trinajstić information content (AvgIpc) is 2.78. The molecule has 1 fully saturated rings. The van der Waals surface area contributed by atoms with Crippen molar-refractivity contribution in [1.29, 1.82) is 0 Å². The summed E-state index contributed by atoms with van der Waals surface area (Å²) < 4.78 is 0.